The molecule has 1 aromatic rings. The average Bonchev–Trinajstić information content (AvgIpc) is 2.27. The first-order valence-electron chi connectivity index (χ1n) is 5.87. The lowest BCUT2D eigenvalue weighted by Crippen LogP contribution is -2.36. The lowest BCUT2D eigenvalue weighted by molar-refractivity contribution is 0.0952. The number of pyridine rings is 1. The smallest absolute Gasteiger partial charge is 0.256 e. The first-order valence-corrected chi connectivity index (χ1v) is 5.87. The molecule has 4 N–H and O–H groups in total. The molecule has 1 amide bonds. The van der Waals surface area contributed by atoms with Crippen LogP contribution >= 0.6 is 0 Å². The van der Waals surface area contributed by atoms with E-state index < -0.39 is 12.0 Å². The van der Waals surface area contributed by atoms with Crippen molar-refractivity contribution < 1.29 is 9.90 Å². The Morgan fingerprint density at radius 1 is 1.50 bits per heavy atom. The van der Waals surface area contributed by atoms with Crippen LogP contribution in [0.4, 0.5) is 0 Å². The fraction of sp³-hybridized carbons (Fsp3) is 0.500. The minimum absolute atomic E-state index is 0.108. The number of aliphatic hydroxyl groups excluding tert-OH is 1. The van der Waals surface area contributed by atoms with Crippen LogP contribution in [-0.2, 0) is 0 Å². The minimum Gasteiger partial charge on any atom is -0.392 e. The van der Waals surface area contributed by atoms with Gasteiger partial charge in [0.2, 0.25) is 0 Å². The number of aliphatic hydroxyl groups is 1. The van der Waals surface area contributed by atoms with Crippen molar-refractivity contribution in [2.45, 2.75) is 20.0 Å². The Hall–Kier alpha value is -1.66. The van der Waals surface area contributed by atoms with Crippen LogP contribution in [0.25, 0.3) is 0 Å². The van der Waals surface area contributed by atoms with Crippen LogP contribution in [-0.4, -0.2) is 41.7 Å². The van der Waals surface area contributed by atoms with Crippen LogP contribution in [0.5, 0.6) is 0 Å². The van der Waals surface area contributed by atoms with E-state index in [1.165, 1.54) is 12.3 Å². The number of carbonyl (C=O) groups excluding carboxylic acids is 1. The van der Waals surface area contributed by atoms with Gasteiger partial charge in [-0.15, -0.1) is 0 Å². The third kappa shape index (κ3) is 4.68. The van der Waals surface area contributed by atoms with Gasteiger partial charge >= 0.3 is 0 Å². The van der Waals surface area contributed by atoms with Gasteiger partial charge in [-0.2, -0.15) is 0 Å². The fourth-order valence-electron chi connectivity index (χ4n) is 1.42. The first-order chi connectivity index (χ1) is 8.50. The van der Waals surface area contributed by atoms with E-state index in [1.807, 2.05) is 0 Å². The van der Waals surface area contributed by atoms with Crippen LogP contribution in [0.1, 0.15) is 23.0 Å². The van der Waals surface area contributed by atoms with Crippen molar-refractivity contribution in [1.82, 2.24) is 15.6 Å². The molecule has 0 aliphatic rings. The number of amides is 1. The zero-order valence-electron chi connectivity index (χ0n) is 10.6. The van der Waals surface area contributed by atoms with E-state index in [0.29, 0.717) is 19.6 Å². The van der Waals surface area contributed by atoms with E-state index in [1.54, 1.807) is 13.8 Å². The molecule has 1 rings (SSSR count). The summed E-state index contributed by atoms with van der Waals surface area (Å²) in [5.74, 6) is -0.393. The van der Waals surface area contributed by atoms with Gasteiger partial charge in [0.05, 0.1) is 6.10 Å². The largest absolute Gasteiger partial charge is 0.392 e. The van der Waals surface area contributed by atoms with Gasteiger partial charge in [0, 0.05) is 37.6 Å². The van der Waals surface area contributed by atoms with Crippen LogP contribution < -0.4 is 16.1 Å². The summed E-state index contributed by atoms with van der Waals surface area (Å²) in [5.41, 5.74) is 0.534. The lowest BCUT2D eigenvalue weighted by atomic mass is 10.2. The first kappa shape index (κ1) is 14.4. The molecule has 1 aromatic heterocycles. The fourth-order valence-corrected chi connectivity index (χ4v) is 1.42. The molecule has 0 bridgehead atoms. The van der Waals surface area contributed by atoms with E-state index in [2.05, 4.69) is 15.6 Å². The summed E-state index contributed by atoms with van der Waals surface area (Å²) in [5, 5.41) is 14.6. The van der Waals surface area contributed by atoms with E-state index in [-0.39, 0.29) is 11.0 Å². The van der Waals surface area contributed by atoms with Crippen molar-refractivity contribution in [3.05, 3.63) is 33.7 Å². The highest BCUT2D eigenvalue weighted by molar-refractivity contribution is 5.93. The molecule has 1 unspecified atom stereocenters. The van der Waals surface area contributed by atoms with E-state index in [4.69, 9.17) is 5.11 Å². The number of aromatic nitrogens is 1. The standard InChI is InChI=1S/C12H19N3O3/c1-8-5-11(17)10(7-15-8)12(18)14-4-3-13-6-9(2)16/h5,7,9,13,16H,3-4,6H2,1-2H3,(H,14,18)(H,15,17). The van der Waals surface area contributed by atoms with Gasteiger partial charge in [0.1, 0.15) is 5.56 Å². The molecule has 0 aromatic carbocycles. The predicted molar refractivity (Wildman–Crippen MR) is 68.7 cm³/mol. The molecule has 100 valence electrons. The molecule has 6 heteroatoms. The summed E-state index contributed by atoms with van der Waals surface area (Å²) in [6.07, 6.45) is 0.997. The van der Waals surface area contributed by atoms with Gasteiger partial charge in [0.15, 0.2) is 5.43 Å². The Bertz CT molecular complexity index is 454. The molecular weight excluding hydrogens is 234 g/mol. The van der Waals surface area contributed by atoms with Crippen molar-refractivity contribution >= 4 is 5.91 Å². The Kier molecular flexibility index (Phi) is 5.54. The number of aromatic amines is 1. The zero-order chi connectivity index (χ0) is 13.5. The number of nitrogens with one attached hydrogen (secondary N) is 3. The average molecular weight is 253 g/mol. The monoisotopic (exact) mass is 253 g/mol. The Labute approximate surface area is 105 Å². The third-order valence-electron chi connectivity index (χ3n) is 2.33. The minimum atomic E-state index is -0.416. The summed E-state index contributed by atoms with van der Waals surface area (Å²) < 4.78 is 0. The van der Waals surface area contributed by atoms with Crippen LogP contribution in [0.15, 0.2) is 17.1 Å². The molecule has 0 fully saturated rings. The van der Waals surface area contributed by atoms with Crippen LogP contribution in [0.2, 0.25) is 0 Å². The molecular formula is C12H19N3O3. The van der Waals surface area contributed by atoms with Crippen molar-refractivity contribution in [3.8, 4) is 0 Å². The van der Waals surface area contributed by atoms with Crippen LogP contribution in [0, 0.1) is 6.92 Å². The molecule has 0 aliphatic heterocycles. The molecule has 6 nitrogen and oxygen atoms in total. The number of hydrogen-bond donors (Lipinski definition) is 4. The van der Waals surface area contributed by atoms with Crippen LogP contribution in [0.3, 0.4) is 0 Å². The van der Waals surface area contributed by atoms with Gasteiger partial charge in [-0.3, -0.25) is 9.59 Å². The molecule has 0 saturated heterocycles. The Morgan fingerprint density at radius 3 is 2.83 bits per heavy atom. The molecule has 18 heavy (non-hydrogen) atoms. The highest BCUT2D eigenvalue weighted by Crippen LogP contribution is 1.91. The second-order valence-corrected chi connectivity index (χ2v) is 4.20. The number of H-pyrrole nitrogens is 1. The zero-order valence-corrected chi connectivity index (χ0v) is 10.6. The second kappa shape index (κ2) is 6.93. The van der Waals surface area contributed by atoms with Gasteiger partial charge in [-0.05, 0) is 13.8 Å². The van der Waals surface area contributed by atoms with Gasteiger partial charge in [-0.1, -0.05) is 0 Å². The summed E-state index contributed by atoms with van der Waals surface area (Å²) in [4.78, 5) is 26.0. The Morgan fingerprint density at radius 2 is 2.22 bits per heavy atom. The topological polar surface area (TPSA) is 94.2 Å². The van der Waals surface area contributed by atoms with E-state index >= 15 is 0 Å². The normalized spacial score (nSPS) is 12.2. The summed E-state index contributed by atoms with van der Waals surface area (Å²) in [6, 6.07) is 1.39. The lowest BCUT2D eigenvalue weighted by Gasteiger charge is -2.08. The molecule has 0 saturated carbocycles. The number of aryl methyl sites for hydroxylation is 1. The summed E-state index contributed by atoms with van der Waals surface area (Å²) in [6.45, 7) is 4.85. The summed E-state index contributed by atoms with van der Waals surface area (Å²) in [7, 11) is 0. The number of rotatable bonds is 6. The second-order valence-electron chi connectivity index (χ2n) is 4.20. The highest BCUT2D eigenvalue weighted by atomic mass is 16.3. The summed E-state index contributed by atoms with van der Waals surface area (Å²) >= 11 is 0. The molecule has 1 heterocycles. The van der Waals surface area contributed by atoms with Gasteiger partial charge < -0.3 is 20.7 Å². The van der Waals surface area contributed by atoms with Gasteiger partial charge in [-0.25, -0.2) is 0 Å². The number of carbonyl (C=O) groups is 1. The highest BCUT2D eigenvalue weighted by Gasteiger charge is 2.09. The molecule has 1 atom stereocenters. The van der Waals surface area contributed by atoms with Crippen molar-refractivity contribution in [2.24, 2.45) is 0 Å². The SMILES string of the molecule is Cc1cc(=O)c(C(=O)NCCNCC(C)O)c[nH]1. The van der Waals surface area contributed by atoms with Gasteiger partial charge in [0.25, 0.3) is 5.91 Å². The van der Waals surface area contributed by atoms with E-state index in [0.717, 1.165) is 5.69 Å². The third-order valence-corrected chi connectivity index (χ3v) is 2.33. The quantitative estimate of drug-likeness (QED) is 0.508. The van der Waals surface area contributed by atoms with Crippen molar-refractivity contribution in [3.63, 3.8) is 0 Å². The van der Waals surface area contributed by atoms with E-state index in [9.17, 15) is 9.59 Å². The maximum absolute atomic E-state index is 11.7. The maximum Gasteiger partial charge on any atom is 0.256 e. The number of hydrogen-bond acceptors (Lipinski definition) is 4. The van der Waals surface area contributed by atoms with Crippen molar-refractivity contribution in [1.29, 1.82) is 0 Å². The molecule has 0 radical (unpaired) electrons. The Balaban J connectivity index is 2.39. The van der Waals surface area contributed by atoms with Crippen molar-refractivity contribution in [2.75, 3.05) is 19.6 Å². The molecule has 0 spiro atoms. The predicted octanol–water partition coefficient (Wildman–Crippen LogP) is -0.616. The molecule has 0 aliphatic carbocycles. The maximum atomic E-state index is 11.7.